The molecule has 0 N–H and O–H groups in total. The van der Waals surface area contributed by atoms with Crippen LogP contribution in [0.1, 0.15) is 53.4 Å². The number of allylic oxidation sites excluding steroid dienone is 3. The lowest BCUT2D eigenvalue weighted by Crippen LogP contribution is -2.22. The third-order valence-corrected chi connectivity index (χ3v) is 5.92. The first-order valence-electron chi connectivity index (χ1n) is 7.94. The van der Waals surface area contributed by atoms with Gasteiger partial charge in [-0.15, -0.1) is 0 Å². The SMILES string of the molecule is C=C1CC(CC)C=CC1[C@@H]1C[C@H](CC)C(C)[C@@H]1C. The summed E-state index contributed by atoms with van der Waals surface area (Å²) in [5, 5.41) is 0. The van der Waals surface area contributed by atoms with Crippen molar-refractivity contribution >= 4 is 0 Å². The fourth-order valence-corrected chi connectivity index (χ4v) is 4.29. The zero-order chi connectivity index (χ0) is 13.3. The summed E-state index contributed by atoms with van der Waals surface area (Å²) in [5.41, 5.74) is 1.50. The highest BCUT2D eigenvalue weighted by atomic mass is 14.5. The van der Waals surface area contributed by atoms with Gasteiger partial charge in [-0.2, -0.15) is 0 Å². The van der Waals surface area contributed by atoms with Crippen LogP contribution in [0.3, 0.4) is 0 Å². The highest BCUT2D eigenvalue weighted by molar-refractivity contribution is 5.20. The Morgan fingerprint density at radius 1 is 1.11 bits per heavy atom. The van der Waals surface area contributed by atoms with Crippen molar-refractivity contribution in [3.8, 4) is 0 Å². The summed E-state index contributed by atoms with van der Waals surface area (Å²) in [4.78, 5) is 0. The molecular weight excluding hydrogens is 216 g/mol. The molecule has 2 rings (SSSR count). The van der Waals surface area contributed by atoms with Crippen LogP contribution in [0.25, 0.3) is 0 Å². The first kappa shape index (κ1) is 13.9. The van der Waals surface area contributed by atoms with Gasteiger partial charge >= 0.3 is 0 Å². The fraction of sp³-hybridized carbons (Fsp3) is 0.778. The monoisotopic (exact) mass is 246 g/mol. The normalized spacial score (nSPS) is 44.6. The van der Waals surface area contributed by atoms with Crippen molar-refractivity contribution in [1.82, 2.24) is 0 Å². The van der Waals surface area contributed by atoms with E-state index < -0.39 is 0 Å². The molecule has 0 nitrogen and oxygen atoms in total. The minimum absolute atomic E-state index is 0.668. The summed E-state index contributed by atoms with van der Waals surface area (Å²) in [6.07, 6.45) is 10.2. The van der Waals surface area contributed by atoms with Crippen molar-refractivity contribution in [3.63, 3.8) is 0 Å². The molecule has 0 saturated heterocycles. The number of hydrogen-bond donors (Lipinski definition) is 0. The lowest BCUT2D eigenvalue weighted by Gasteiger charge is -2.32. The minimum atomic E-state index is 0.668. The van der Waals surface area contributed by atoms with Crippen LogP contribution < -0.4 is 0 Å². The van der Waals surface area contributed by atoms with Crippen LogP contribution in [0.15, 0.2) is 24.3 Å². The van der Waals surface area contributed by atoms with E-state index in [1.165, 1.54) is 31.3 Å². The molecular formula is C18H30. The van der Waals surface area contributed by atoms with E-state index >= 15 is 0 Å². The molecule has 0 aromatic heterocycles. The summed E-state index contributed by atoms with van der Waals surface area (Å²) in [6.45, 7) is 14.0. The summed E-state index contributed by atoms with van der Waals surface area (Å²) in [7, 11) is 0. The molecule has 1 saturated carbocycles. The van der Waals surface area contributed by atoms with Crippen LogP contribution in [0.2, 0.25) is 0 Å². The summed E-state index contributed by atoms with van der Waals surface area (Å²) in [6, 6.07) is 0. The summed E-state index contributed by atoms with van der Waals surface area (Å²) >= 11 is 0. The maximum atomic E-state index is 4.40. The molecule has 0 aromatic rings. The molecule has 1 fully saturated rings. The van der Waals surface area contributed by atoms with Crippen molar-refractivity contribution in [2.24, 2.45) is 35.5 Å². The molecule has 3 unspecified atom stereocenters. The Labute approximate surface area is 114 Å². The van der Waals surface area contributed by atoms with Crippen LogP contribution in [-0.4, -0.2) is 0 Å². The molecule has 0 heteroatoms. The lowest BCUT2D eigenvalue weighted by atomic mass is 9.73. The first-order chi connectivity index (χ1) is 8.58. The fourth-order valence-electron chi connectivity index (χ4n) is 4.29. The molecule has 2 aliphatic carbocycles. The zero-order valence-electron chi connectivity index (χ0n) is 12.7. The second-order valence-corrected chi connectivity index (χ2v) is 6.73. The van der Waals surface area contributed by atoms with E-state index in [1.807, 2.05) is 0 Å². The maximum Gasteiger partial charge on any atom is 0.000539 e. The van der Waals surface area contributed by atoms with Gasteiger partial charge in [-0.05, 0) is 48.9 Å². The third kappa shape index (κ3) is 2.44. The van der Waals surface area contributed by atoms with Gasteiger partial charge in [0, 0.05) is 5.92 Å². The van der Waals surface area contributed by atoms with Crippen molar-refractivity contribution in [1.29, 1.82) is 0 Å². The quantitative estimate of drug-likeness (QED) is 0.580. The highest BCUT2D eigenvalue weighted by Gasteiger charge is 2.41. The predicted molar refractivity (Wildman–Crippen MR) is 80.4 cm³/mol. The van der Waals surface area contributed by atoms with E-state index in [2.05, 4.69) is 46.4 Å². The Morgan fingerprint density at radius 3 is 2.33 bits per heavy atom. The van der Waals surface area contributed by atoms with E-state index in [-0.39, 0.29) is 0 Å². The van der Waals surface area contributed by atoms with Gasteiger partial charge in [0.15, 0.2) is 0 Å². The smallest absolute Gasteiger partial charge is 0.000539 e. The predicted octanol–water partition coefficient (Wildman–Crippen LogP) is 5.46. The number of rotatable bonds is 3. The topological polar surface area (TPSA) is 0 Å². The van der Waals surface area contributed by atoms with Gasteiger partial charge in [0.1, 0.15) is 0 Å². The van der Waals surface area contributed by atoms with Crippen molar-refractivity contribution < 1.29 is 0 Å². The van der Waals surface area contributed by atoms with E-state index in [4.69, 9.17) is 0 Å². The van der Waals surface area contributed by atoms with Crippen LogP contribution in [0, 0.1) is 35.5 Å². The maximum absolute atomic E-state index is 4.40. The van der Waals surface area contributed by atoms with Crippen LogP contribution in [-0.2, 0) is 0 Å². The van der Waals surface area contributed by atoms with Gasteiger partial charge in [-0.1, -0.05) is 58.4 Å². The molecule has 6 atom stereocenters. The Morgan fingerprint density at radius 2 is 1.83 bits per heavy atom. The molecule has 0 heterocycles. The second-order valence-electron chi connectivity index (χ2n) is 6.73. The standard InChI is InChI=1S/C18H30/c1-6-15-8-9-17(12(3)10-15)18-11-16(7-2)13(4)14(18)5/h8-9,13-18H,3,6-7,10-11H2,1-2,4-5H3/t13?,14-,15?,16-,17?,18+/m0/s1. The molecule has 18 heavy (non-hydrogen) atoms. The summed E-state index contributed by atoms with van der Waals surface area (Å²) < 4.78 is 0. The van der Waals surface area contributed by atoms with E-state index in [0.29, 0.717) is 5.92 Å². The van der Waals surface area contributed by atoms with E-state index in [9.17, 15) is 0 Å². The van der Waals surface area contributed by atoms with Crippen molar-refractivity contribution in [2.45, 2.75) is 53.4 Å². The van der Waals surface area contributed by atoms with Crippen molar-refractivity contribution in [3.05, 3.63) is 24.3 Å². The van der Waals surface area contributed by atoms with Gasteiger partial charge in [0.25, 0.3) is 0 Å². The molecule has 0 radical (unpaired) electrons. The van der Waals surface area contributed by atoms with Crippen LogP contribution in [0.4, 0.5) is 0 Å². The molecule has 102 valence electrons. The Kier molecular flexibility index (Phi) is 4.35. The zero-order valence-corrected chi connectivity index (χ0v) is 12.7. The van der Waals surface area contributed by atoms with Gasteiger partial charge in [-0.3, -0.25) is 0 Å². The number of hydrogen-bond acceptors (Lipinski definition) is 0. The molecule has 0 aromatic carbocycles. The lowest BCUT2D eigenvalue weighted by molar-refractivity contribution is 0.293. The molecule has 0 bridgehead atoms. The average Bonchev–Trinajstić information content (AvgIpc) is 2.66. The van der Waals surface area contributed by atoms with Gasteiger partial charge in [0.2, 0.25) is 0 Å². The van der Waals surface area contributed by atoms with Gasteiger partial charge in [0.05, 0.1) is 0 Å². The third-order valence-electron chi connectivity index (χ3n) is 5.92. The first-order valence-corrected chi connectivity index (χ1v) is 7.94. The Hall–Kier alpha value is -0.520. The van der Waals surface area contributed by atoms with Gasteiger partial charge in [-0.25, -0.2) is 0 Å². The average molecular weight is 246 g/mol. The second kappa shape index (κ2) is 5.63. The molecule has 0 spiro atoms. The summed E-state index contributed by atoms with van der Waals surface area (Å²) in [5.74, 6) is 4.97. The van der Waals surface area contributed by atoms with E-state index in [0.717, 1.165) is 29.6 Å². The largest absolute Gasteiger partial charge is 0.0992 e. The van der Waals surface area contributed by atoms with Crippen LogP contribution >= 0.6 is 0 Å². The van der Waals surface area contributed by atoms with Crippen LogP contribution in [0.5, 0.6) is 0 Å². The Balaban J connectivity index is 2.11. The minimum Gasteiger partial charge on any atom is -0.0992 e. The molecule has 0 amide bonds. The van der Waals surface area contributed by atoms with E-state index in [1.54, 1.807) is 0 Å². The van der Waals surface area contributed by atoms with Gasteiger partial charge < -0.3 is 0 Å². The highest BCUT2D eigenvalue weighted by Crippen LogP contribution is 2.49. The van der Waals surface area contributed by atoms with Crippen molar-refractivity contribution in [2.75, 3.05) is 0 Å². The molecule has 0 aliphatic heterocycles. The Bertz CT molecular complexity index is 325. The molecule has 2 aliphatic rings.